The minimum atomic E-state index is 0.452. The minimum absolute atomic E-state index is 0.452. The van der Waals surface area contributed by atoms with Crippen LogP contribution in [0, 0.1) is 6.92 Å². The third-order valence-electron chi connectivity index (χ3n) is 3.36. The fourth-order valence-electron chi connectivity index (χ4n) is 2.44. The second kappa shape index (κ2) is 3.56. The van der Waals surface area contributed by atoms with Crippen LogP contribution in [0.15, 0.2) is 12.3 Å². The molecule has 1 atom stereocenters. The molecule has 4 heteroatoms. The van der Waals surface area contributed by atoms with Crippen molar-refractivity contribution < 1.29 is 0 Å². The Morgan fingerprint density at radius 1 is 1.50 bits per heavy atom. The van der Waals surface area contributed by atoms with Crippen LogP contribution in [-0.4, -0.2) is 33.4 Å². The van der Waals surface area contributed by atoms with Crippen LogP contribution in [0.1, 0.15) is 30.4 Å². The Kier molecular flexibility index (Phi) is 2.17. The van der Waals surface area contributed by atoms with Crippen molar-refractivity contribution in [3.8, 4) is 0 Å². The fourth-order valence-corrected chi connectivity index (χ4v) is 2.44. The van der Waals surface area contributed by atoms with Gasteiger partial charge < -0.3 is 4.98 Å². The van der Waals surface area contributed by atoms with Crippen LogP contribution in [-0.2, 0) is 0 Å². The monoisotopic (exact) mass is 216 g/mol. The summed E-state index contributed by atoms with van der Waals surface area (Å²) in [5, 5.41) is 0. The van der Waals surface area contributed by atoms with Crippen LogP contribution in [0.3, 0.4) is 0 Å². The number of hydrogen-bond donors (Lipinski definition) is 1. The zero-order valence-electron chi connectivity index (χ0n) is 9.70. The molecule has 1 saturated heterocycles. The van der Waals surface area contributed by atoms with E-state index in [9.17, 15) is 0 Å². The highest BCUT2D eigenvalue weighted by atomic mass is 15.2. The third kappa shape index (κ3) is 1.50. The van der Waals surface area contributed by atoms with E-state index in [4.69, 9.17) is 0 Å². The van der Waals surface area contributed by atoms with Gasteiger partial charge in [-0.2, -0.15) is 0 Å². The Morgan fingerprint density at radius 2 is 2.38 bits per heavy atom. The summed E-state index contributed by atoms with van der Waals surface area (Å²) in [5.41, 5.74) is 3.09. The second-order valence-electron chi connectivity index (χ2n) is 4.60. The number of nitrogens with zero attached hydrogens (tertiary/aromatic N) is 3. The number of hydrogen-bond acceptors (Lipinski definition) is 3. The number of nitrogens with one attached hydrogen (secondary N) is 1. The second-order valence-corrected chi connectivity index (χ2v) is 4.60. The largest absolute Gasteiger partial charge is 0.339 e. The highest BCUT2D eigenvalue weighted by Gasteiger charge is 2.25. The first-order valence-electron chi connectivity index (χ1n) is 5.76. The lowest BCUT2D eigenvalue weighted by atomic mass is 10.2. The van der Waals surface area contributed by atoms with Gasteiger partial charge in [-0.15, -0.1) is 0 Å². The molecule has 4 nitrogen and oxygen atoms in total. The molecule has 1 aliphatic heterocycles. The standard InChI is InChI=1S/C12H16N4/c1-8-6-9-10(7-13-8)15-12(14-9)11-4-3-5-16(11)2/h6-7,11H,3-5H2,1-2H3,(H,14,15). The molecule has 0 aliphatic carbocycles. The molecule has 2 aromatic rings. The van der Waals surface area contributed by atoms with E-state index in [-0.39, 0.29) is 0 Å². The highest BCUT2D eigenvalue weighted by molar-refractivity contribution is 5.74. The summed E-state index contributed by atoms with van der Waals surface area (Å²) < 4.78 is 0. The summed E-state index contributed by atoms with van der Waals surface area (Å²) in [4.78, 5) is 14.7. The third-order valence-corrected chi connectivity index (χ3v) is 3.36. The zero-order valence-corrected chi connectivity index (χ0v) is 9.70. The summed E-state index contributed by atoms with van der Waals surface area (Å²) in [7, 11) is 2.16. The number of H-pyrrole nitrogens is 1. The molecule has 0 aromatic carbocycles. The van der Waals surface area contributed by atoms with Gasteiger partial charge in [-0.3, -0.25) is 9.88 Å². The number of imidazole rings is 1. The average molecular weight is 216 g/mol. The zero-order chi connectivity index (χ0) is 11.1. The smallest absolute Gasteiger partial charge is 0.124 e. The lowest BCUT2D eigenvalue weighted by Crippen LogP contribution is -2.18. The summed E-state index contributed by atoms with van der Waals surface area (Å²) in [6, 6.07) is 2.48. The van der Waals surface area contributed by atoms with Crippen LogP contribution in [0.25, 0.3) is 11.0 Å². The maximum absolute atomic E-state index is 4.67. The maximum Gasteiger partial charge on any atom is 0.124 e. The van der Waals surface area contributed by atoms with E-state index in [2.05, 4.69) is 26.9 Å². The molecule has 1 unspecified atom stereocenters. The molecular weight excluding hydrogens is 200 g/mol. The summed E-state index contributed by atoms with van der Waals surface area (Å²) in [6.07, 6.45) is 4.33. The van der Waals surface area contributed by atoms with E-state index in [0.717, 1.165) is 22.6 Å². The van der Waals surface area contributed by atoms with Crippen molar-refractivity contribution in [1.29, 1.82) is 0 Å². The van der Waals surface area contributed by atoms with Crippen molar-refractivity contribution in [2.24, 2.45) is 0 Å². The predicted octanol–water partition coefficient (Wildman–Crippen LogP) is 2.03. The van der Waals surface area contributed by atoms with E-state index >= 15 is 0 Å². The molecule has 0 amide bonds. The van der Waals surface area contributed by atoms with Gasteiger partial charge in [-0.1, -0.05) is 0 Å². The highest BCUT2D eigenvalue weighted by Crippen LogP contribution is 2.29. The molecule has 0 radical (unpaired) electrons. The fraction of sp³-hybridized carbons (Fsp3) is 0.500. The van der Waals surface area contributed by atoms with Gasteiger partial charge >= 0.3 is 0 Å². The normalized spacial score (nSPS) is 22.0. The number of fused-ring (bicyclic) bond motifs is 1. The van der Waals surface area contributed by atoms with E-state index in [0.29, 0.717) is 6.04 Å². The van der Waals surface area contributed by atoms with Gasteiger partial charge in [-0.05, 0) is 39.4 Å². The summed E-state index contributed by atoms with van der Waals surface area (Å²) in [6.45, 7) is 3.16. The van der Waals surface area contributed by atoms with Gasteiger partial charge in [0.2, 0.25) is 0 Å². The SMILES string of the molecule is Cc1cc2nc(C3CCCN3C)[nH]c2cn1. The van der Waals surface area contributed by atoms with Gasteiger partial charge in [0.15, 0.2) is 0 Å². The molecule has 3 heterocycles. The van der Waals surface area contributed by atoms with Crippen molar-refractivity contribution in [3.63, 3.8) is 0 Å². The average Bonchev–Trinajstić information content (AvgIpc) is 2.82. The number of likely N-dealkylation sites (tertiary alicyclic amines) is 1. The molecule has 84 valence electrons. The van der Waals surface area contributed by atoms with E-state index in [1.54, 1.807) is 0 Å². The topological polar surface area (TPSA) is 44.8 Å². The van der Waals surface area contributed by atoms with Gasteiger partial charge in [0.1, 0.15) is 5.82 Å². The molecule has 0 spiro atoms. The van der Waals surface area contributed by atoms with Gasteiger partial charge in [-0.25, -0.2) is 4.98 Å². The number of aromatic amines is 1. The molecular formula is C12H16N4. The van der Waals surface area contributed by atoms with Crippen molar-refractivity contribution in [2.75, 3.05) is 13.6 Å². The first kappa shape index (κ1) is 9.78. The quantitative estimate of drug-likeness (QED) is 0.793. The Balaban J connectivity index is 2.04. The van der Waals surface area contributed by atoms with E-state index in [1.165, 1.54) is 19.4 Å². The number of aryl methyl sites for hydroxylation is 1. The first-order valence-corrected chi connectivity index (χ1v) is 5.76. The van der Waals surface area contributed by atoms with Gasteiger partial charge in [0.05, 0.1) is 23.3 Å². The Labute approximate surface area is 94.7 Å². The van der Waals surface area contributed by atoms with Crippen LogP contribution < -0.4 is 0 Å². The maximum atomic E-state index is 4.67. The van der Waals surface area contributed by atoms with Gasteiger partial charge in [0, 0.05) is 5.69 Å². The predicted molar refractivity (Wildman–Crippen MR) is 63.2 cm³/mol. The number of pyridine rings is 1. The Morgan fingerprint density at radius 3 is 3.12 bits per heavy atom. The van der Waals surface area contributed by atoms with Crippen molar-refractivity contribution >= 4 is 11.0 Å². The lowest BCUT2D eigenvalue weighted by Gasteiger charge is -2.16. The molecule has 2 aromatic heterocycles. The van der Waals surface area contributed by atoms with Crippen LogP contribution in [0.2, 0.25) is 0 Å². The minimum Gasteiger partial charge on any atom is -0.339 e. The molecule has 0 bridgehead atoms. The molecule has 1 N–H and O–H groups in total. The van der Waals surface area contributed by atoms with Crippen LogP contribution >= 0.6 is 0 Å². The Hall–Kier alpha value is -1.42. The summed E-state index contributed by atoms with van der Waals surface area (Å²) >= 11 is 0. The van der Waals surface area contributed by atoms with Crippen LogP contribution in [0.5, 0.6) is 0 Å². The number of aromatic nitrogens is 3. The van der Waals surface area contributed by atoms with E-state index in [1.807, 2.05) is 19.2 Å². The first-order chi connectivity index (χ1) is 7.74. The molecule has 3 rings (SSSR count). The number of rotatable bonds is 1. The van der Waals surface area contributed by atoms with Crippen molar-refractivity contribution in [3.05, 3.63) is 23.8 Å². The van der Waals surface area contributed by atoms with Crippen molar-refractivity contribution in [1.82, 2.24) is 19.9 Å². The molecule has 1 aliphatic rings. The summed E-state index contributed by atoms with van der Waals surface area (Å²) in [5.74, 6) is 1.09. The molecule has 1 fully saturated rings. The lowest BCUT2D eigenvalue weighted by molar-refractivity contribution is 0.307. The molecule has 0 saturated carbocycles. The van der Waals surface area contributed by atoms with Gasteiger partial charge in [0.25, 0.3) is 0 Å². The van der Waals surface area contributed by atoms with Crippen molar-refractivity contribution in [2.45, 2.75) is 25.8 Å². The molecule has 16 heavy (non-hydrogen) atoms. The van der Waals surface area contributed by atoms with Crippen LogP contribution in [0.4, 0.5) is 0 Å². The Bertz CT molecular complexity index is 517. The van der Waals surface area contributed by atoms with E-state index < -0.39 is 0 Å².